The molecule has 0 amide bonds. The van der Waals surface area contributed by atoms with Crippen molar-refractivity contribution in [3.05, 3.63) is 78.1 Å². The van der Waals surface area contributed by atoms with E-state index in [0.29, 0.717) is 0 Å². The van der Waals surface area contributed by atoms with E-state index < -0.39 is 0 Å². The Hall–Kier alpha value is -3.08. The first-order valence-corrected chi connectivity index (χ1v) is 8.01. The molecule has 0 atom stereocenters. The highest BCUT2D eigenvalue weighted by Crippen LogP contribution is 2.22. The second kappa shape index (κ2) is 6.58. The van der Waals surface area contributed by atoms with Crippen LogP contribution in [0.5, 0.6) is 0 Å². The van der Waals surface area contributed by atoms with E-state index in [4.69, 9.17) is 4.99 Å². The number of hydrogen-bond donors (Lipinski definition) is 0. The molecular weight excluding hydrogens is 298 g/mol. The van der Waals surface area contributed by atoms with Crippen molar-refractivity contribution in [3.8, 4) is 5.69 Å². The Labute approximate surface area is 140 Å². The van der Waals surface area contributed by atoms with E-state index in [2.05, 4.69) is 39.3 Å². The van der Waals surface area contributed by atoms with Gasteiger partial charge < -0.3 is 0 Å². The molecule has 0 saturated heterocycles. The summed E-state index contributed by atoms with van der Waals surface area (Å²) in [4.78, 5) is 12.9. The standard InChI is InChI=1S/C19H17N5/c1-4-17(12-20-9-1)19-16(3-2-10-22-19)11-15-5-7-18(8-6-15)24-14-21-13-23-24/h1,4-9,11-14H,2-3,10H2/b16-11+. The summed E-state index contributed by atoms with van der Waals surface area (Å²) in [5.41, 5.74) is 5.58. The van der Waals surface area contributed by atoms with Crippen molar-refractivity contribution in [3.63, 3.8) is 0 Å². The molecule has 0 aliphatic carbocycles. The van der Waals surface area contributed by atoms with Gasteiger partial charge in [-0.05, 0) is 54.3 Å². The van der Waals surface area contributed by atoms with Gasteiger partial charge in [-0.2, -0.15) is 5.10 Å². The molecule has 1 aliphatic rings. The first-order chi connectivity index (χ1) is 11.9. The van der Waals surface area contributed by atoms with Crippen molar-refractivity contribution >= 4 is 11.8 Å². The summed E-state index contributed by atoms with van der Waals surface area (Å²) in [5.74, 6) is 0. The number of pyridine rings is 1. The number of allylic oxidation sites excluding steroid dienone is 1. The lowest BCUT2D eigenvalue weighted by Gasteiger charge is -2.16. The van der Waals surface area contributed by atoms with Crippen molar-refractivity contribution in [2.45, 2.75) is 12.8 Å². The van der Waals surface area contributed by atoms with Crippen molar-refractivity contribution in [2.24, 2.45) is 4.99 Å². The van der Waals surface area contributed by atoms with Gasteiger partial charge in [-0.3, -0.25) is 9.98 Å². The summed E-state index contributed by atoms with van der Waals surface area (Å²) in [6, 6.07) is 12.3. The fourth-order valence-corrected chi connectivity index (χ4v) is 2.87. The predicted octanol–water partition coefficient (Wildman–Crippen LogP) is 3.33. The van der Waals surface area contributed by atoms with Gasteiger partial charge in [-0.15, -0.1) is 0 Å². The molecule has 5 heteroatoms. The highest BCUT2D eigenvalue weighted by atomic mass is 15.3. The van der Waals surface area contributed by atoms with Gasteiger partial charge in [0, 0.05) is 24.5 Å². The number of rotatable bonds is 3. The van der Waals surface area contributed by atoms with E-state index in [9.17, 15) is 0 Å². The van der Waals surface area contributed by atoms with Gasteiger partial charge in [-0.25, -0.2) is 9.67 Å². The van der Waals surface area contributed by atoms with Crippen LogP contribution < -0.4 is 0 Å². The van der Waals surface area contributed by atoms with Crippen LogP contribution in [0.1, 0.15) is 24.0 Å². The van der Waals surface area contributed by atoms with E-state index in [0.717, 1.165) is 41.9 Å². The smallest absolute Gasteiger partial charge is 0.138 e. The first-order valence-electron chi connectivity index (χ1n) is 8.01. The largest absolute Gasteiger partial charge is 0.284 e. The van der Waals surface area contributed by atoms with Gasteiger partial charge in [-0.1, -0.05) is 12.1 Å². The molecule has 5 nitrogen and oxygen atoms in total. The third-order valence-electron chi connectivity index (χ3n) is 4.03. The van der Waals surface area contributed by atoms with Crippen LogP contribution >= 0.6 is 0 Å². The minimum atomic E-state index is 0.882. The van der Waals surface area contributed by atoms with Crippen molar-refractivity contribution in [1.82, 2.24) is 19.7 Å². The van der Waals surface area contributed by atoms with Crippen LogP contribution in [0.15, 0.2) is 72.0 Å². The zero-order valence-electron chi connectivity index (χ0n) is 13.2. The normalized spacial score (nSPS) is 16.2. The van der Waals surface area contributed by atoms with Crippen molar-refractivity contribution in [2.75, 3.05) is 6.54 Å². The molecule has 0 fully saturated rings. The lowest BCUT2D eigenvalue weighted by molar-refractivity contribution is 0.818. The average Bonchev–Trinajstić information content (AvgIpc) is 3.18. The van der Waals surface area contributed by atoms with Crippen LogP contribution in [0, 0.1) is 0 Å². The molecule has 0 radical (unpaired) electrons. The highest BCUT2D eigenvalue weighted by molar-refractivity contribution is 6.15. The Kier molecular flexibility index (Phi) is 3.98. The molecule has 0 saturated carbocycles. The third kappa shape index (κ3) is 3.01. The Morgan fingerprint density at radius 1 is 1.04 bits per heavy atom. The molecule has 1 aromatic carbocycles. The molecule has 4 rings (SSSR count). The van der Waals surface area contributed by atoms with Crippen molar-refractivity contribution in [1.29, 1.82) is 0 Å². The Morgan fingerprint density at radius 2 is 1.96 bits per heavy atom. The minimum absolute atomic E-state index is 0.882. The molecule has 118 valence electrons. The fourth-order valence-electron chi connectivity index (χ4n) is 2.87. The SMILES string of the molecule is C(=C1/CCCN=C1c1cccnc1)/c1ccc(-n2cncn2)cc1. The van der Waals surface area contributed by atoms with Crippen LogP contribution in [-0.2, 0) is 0 Å². The maximum atomic E-state index is 4.72. The van der Waals surface area contributed by atoms with E-state index in [1.54, 1.807) is 17.2 Å². The summed E-state index contributed by atoms with van der Waals surface area (Å²) in [7, 11) is 0. The number of aromatic nitrogens is 4. The van der Waals surface area contributed by atoms with E-state index in [1.807, 2.05) is 24.4 Å². The van der Waals surface area contributed by atoms with Gasteiger partial charge in [0.1, 0.15) is 12.7 Å². The number of benzene rings is 1. The van der Waals surface area contributed by atoms with Crippen molar-refractivity contribution < 1.29 is 0 Å². The molecule has 0 unspecified atom stereocenters. The molecule has 0 spiro atoms. The number of aliphatic imine (C=N–C) groups is 1. The van der Waals surface area contributed by atoms with Crippen LogP contribution in [0.3, 0.4) is 0 Å². The molecule has 0 N–H and O–H groups in total. The second-order valence-corrected chi connectivity index (χ2v) is 5.68. The molecule has 3 aromatic rings. The van der Waals surface area contributed by atoms with Gasteiger partial charge in [0.2, 0.25) is 0 Å². The van der Waals surface area contributed by atoms with Crippen LogP contribution in [0.2, 0.25) is 0 Å². The lowest BCUT2D eigenvalue weighted by Crippen LogP contribution is -2.11. The predicted molar refractivity (Wildman–Crippen MR) is 94.2 cm³/mol. The molecule has 1 aliphatic heterocycles. The topological polar surface area (TPSA) is 56.0 Å². The minimum Gasteiger partial charge on any atom is -0.284 e. The zero-order chi connectivity index (χ0) is 16.2. The summed E-state index contributed by atoms with van der Waals surface area (Å²) < 4.78 is 1.75. The molecule has 2 aromatic heterocycles. The monoisotopic (exact) mass is 315 g/mol. The van der Waals surface area contributed by atoms with Crippen LogP contribution in [0.4, 0.5) is 0 Å². The Morgan fingerprint density at radius 3 is 2.71 bits per heavy atom. The highest BCUT2D eigenvalue weighted by Gasteiger charge is 2.14. The van der Waals surface area contributed by atoms with E-state index >= 15 is 0 Å². The Balaban J connectivity index is 1.64. The molecule has 3 heterocycles. The van der Waals surface area contributed by atoms with Gasteiger partial charge in [0.25, 0.3) is 0 Å². The third-order valence-corrected chi connectivity index (χ3v) is 4.03. The fraction of sp³-hybridized carbons (Fsp3) is 0.158. The lowest BCUT2D eigenvalue weighted by atomic mass is 9.95. The van der Waals surface area contributed by atoms with Gasteiger partial charge in [0.15, 0.2) is 0 Å². The molecular formula is C19H17N5. The van der Waals surface area contributed by atoms with Gasteiger partial charge >= 0.3 is 0 Å². The molecule has 24 heavy (non-hydrogen) atoms. The van der Waals surface area contributed by atoms with Gasteiger partial charge in [0.05, 0.1) is 11.4 Å². The maximum Gasteiger partial charge on any atom is 0.138 e. The quantitative estimate of drug-likeness (QED) is 0.745. The number of nitrogens with zero attached hydrogens (tertiary/aromatic N) is 5. The van der Waals surface area contributed by atoms with E-state index in [1.165, 1.54) is 11.9 Å². The summed E-state index contributed by atoms with van der Waals surface area (Å²) in [5, 5.41) is 4.15. The Bertz CT molecular complexity index is 862. The summed E-state index contributed by atoms with van der Waals surface area (Å²) in [6.45, 7) is 0.882. The van der Waals surface area contributed by atoms with E-state index in [-0.39, 0.29) is 0 Å². The average molecular weight is 315 g/mol. The summed E-state index contributed by atoms with van der Waals surface area (Å²) >= 11 is 0. The number of hydrogen-bond acceptors (Lipinski definition) is 4. The van der Waals surface area contributed by atoms with Crippen LogP contribution in [-0.4, -0.2) is 32.0 Å². The van der Waals surface area contributed by atoms with Crippen LogP contribution in [0.25, 0.3) is 11.8 Å². The molecule has 0 bridgehead atoms. The first kappa shape index (κ1) is 14.5. The zero-order valence-corrected chi connectivity index (χ0v) is 13.2. The maximum absolute atomic E-state index is 4.72. The summed E-state index contributed by atoms with van der Waals surface area (Å²) in [6.07, 6.45) is 11.3. The second-order valence-electron chi connectivity index (χ2n) is 5.68.